The number of hydrogen-bond acceptors (Lipinski definition) is 1. The predicted molar refractivity (Wildman–Crippen MR) is 55.5 cm³/mol. The van der Waals surface area contributed by atoms with E-state index >= 15 is 0 Å². The van der Waals surface area contributed by atoms with Crippen molar-refractivity contribution in [2.45, 2.75) is 6.92 Å². The molecule has 0 radical (unpaired) electrons. The fourth-order valence-corrected chi connectivity index (χ4v) is 1.71. The van der Waals surface area contributed by atoms with Crippen LogP contribution in [0.5, 0.6) is 0 Å². The first-order chi connectivity index (χ1) is 6.02. The van der Waals surface area contributed by atoms with Crippen molar-refractivity contribution in [2.24, 2.45) is 0 Å². The molecule has 0 saturated heterocycles. The zero-order valence-corrected chi connectivity index (χ0v) is 8.76. The summed E-state index contributed by atoms with van der Waals surface area (Å²) in [7, 11) is 0. The normalized spacial score (nSPS) is 9.69. The first-order valence-corrected chi connectivity index (χ1v) is 4.50. The molecule has 1 N–H and O–H groups in total. The Hall–Kier alpha value is -1.09. The van der Waals surface area contributed by atoms with Crippen LogP contribution in [0, 0.1) is 6.92 Å². The van der Waals surface area contributed by atoms with Crippen LogP contribution >= 0.6 is 15.9 Å². The first-order valence-electron chi connectivity index (χ1n) is 3.71. The molecule has 0 heterocycles. The minimum atomic E-state index is -0.996. The van der Waals surface area contributed by atoms with Crippen LogP contribution in [0.1, 0.15) is 11.1 Å². The molecule has 0 aliphatic rings. The van der Waals surface area contributed by atoms with Crippen LogP contribution in [0.25, 0.3) is 5.57 Å². The smallest absolute Gasteiger partial charge is 0.335 e. The molecule has 0 fully saturated rings. The van der Waals surface area contributed by atoms with Gasteiger partial charge < -0.3 is 5.11 Å². The lowest BCUT2D eigenvalue weighted by Gasteiger charge is -2.04. The van der Waals surface area contributed by atoms with Crippen molar-refractivity contribution in [1.82, 2.24) is 0 Å². The van der Waals surface area contributed by atoms with E-state index in [9.17, 15) is 4.79 Å². The van der Waals surface area contributed by atoms with Crippen molar-refractivity contribution in [1.29, 1.82) is 0 Å². The summed E-state index contributed by atoms with van der Waals surface area (Å²) in [6.07, 6.45) is 0. The molecule has 2 nitrogen and oxygen atoms in total. The van der Waals surface area contributed by atoms with Gasteiger partial charge in [0.15, 0.2) is 0 Å². The topological polar surface area (TPSA) is 37.3 Å². The van der Waals surface area contributed by atoms with Gasteiger partial charge in [0, 0.05) is 10.0 Å². The van der Waals surface area contributed by atoms with Gasteiger partial charge in [-0.15, -0.1) is 0 Å². The van der Waals surface area contributed by atoms with Gasteiger partial charge in [-0.05, 0) is 18.6 Å². The van der Waals surface area contributed by atoms with Crippen molar-refractivity contribution in [3.8, 4) is 0 Å². The quantitative estimate of drug-likeness (QED) is 0.808. The maximum Gasteiger partial charge on any atom is 0.335 e. The van der Waals surface area contributed by atoms with Gasteiger partial charge in [0.25, 0.3) is 0 Å². The predicted octanol–water partition coefficient (Wildman–Crippen LogP) is 2.86. The molecule has 0 spiro atoms. The molecule has 1 aromatic rings. The van der Waals surface area contributed by atoms with E-state index in [4.69, 9.17) is 5.11 Å². The highest BCUT2D eigenvalue weighted by molar-refractivity contribution is 9.10. The van der Waals surface area contributed by atoms with Crippen LogP contribution < -0.4 is 0 Å². The van der Waals surface area contributed by atoms with Crippen LogP contribution in [0.2, 0.25) is 0 Å². The highest BCUT2D eigenvalue weighted by Crippen LogP contribution is 2.24. The van der Waals surface area contributed by atoms with Gasteiger partial charge >= 0.3 is 5.97 Å². The minimum absolute atomic E-state index is 0.104. The van der Waals surface area contributed by atoms with Gasteiger partial charge in [-0.1, -0.05) is 34.6 Å². The van der Waals surface area contributed by atoms with Gasteiger partial charge in [0.2, 0.25) is 0 Å². The lowest BCUT2D eigenvalue weighted by molar-refractivity contribution is -0.130. The van der Waals surface area contributed by atoms with Crippen molar-refractivity contribution in [3.63, 3.8) is 0 Å². The molecule has 1 rings (SSSR count). The van der Waals surface area contributed by atoms with Crippen molar-refractivity contribution >= 4 is 27.5 Å². The van der Waals surface area contributed by atoms with Crippen molar-refractivity contribution < 1.29 is 9.90 Å². The second-order valence-electron chi connectivity index (χ2n) is 2.77. The summed E-state index contributed by atoms with van der Waals surface area (Å²) in [4.78, 5) is 10.6. The maximum absolute atomic E-state index is 10.6. The summed E-state index contributed by atoms with van der Waals surface area (Å²) < 4.78 is 0.764. The summed E-state index contributed by atoms with van der Waals surface area (Å²) in [5.41, 5.74) is 1.80. The number of aryl methyl sites for hydroxylation is 1. The van der Waals surface area contributed by atoms with Crippen molar-refractivity contribution in [2.75, 3.05) is 0 Å². The molecule has 0 unspecified atom stereocenters. The maximum atomic E-state index is 10.6. The number of carboxylic acids is 1. The Morgan fingerprint density at radius 2 is 2.15 bits per heavy atom. The molecule has 0 aromatic heterocycles. The third-order valence-electron chi connectivity index (χ3n) is 1.71. The Morgan fingerprint density at radius 1 is 1.54 bits per heavy atom. The molecule has 0 aliphatic carbocycles. The summed E-state index contributed by atoms with van der Waals surface area (Å²) in [5.74, 6) is -0.996. The summed E-state index contributed by atoms with van der Waals surface area (Å²) in [5, 5.41) is 8.71. The molecule has 0 amide bonds. The number of hydrogen-bond donors (Lipinski definition) is 1. The Labute approximate surface area is 85.0 Å². The Kier molecular flexibility index (Phi) is 2.88. The monoisotopic (exact) mass is 240 g/mol. The van der Waals surface area contributed by atoms with Crippen LogP contribution in [0.15, 0.2) is 29.3 Å². The van der Waals surface area contributed by atoms with Crippen LogP contribution in [0.4, 0.5) is 0 Å². The average molecular weight is 241 g/mol. The minimum Gasteiger partial charge on any atom is -0.478 e. The van der Waals surface area contributed by atoms with E-state index in [0.29, 0.717) is 5.56 Å². The largest absolute Gasteiger partial charge is 0.478 e. The fourth-order valence-electron chi connectivity index (χ4n) is 0.980. The Balaban J connectivity index is 3.16. The van der Waals surface area contributed by atoms with Gasteiger partial charge in [-0.3, -0.25) is 0 Å². The molecule has 0 bridgehead atoms. The van der Waals surface area contributed by atoms with Crippen molar-refractivity contribution in [3.05, 3.63) is 40.4 Å². The molecule has 0 aliphatic heterocycles. The zero-order chi connectivity index (χ0) is 10.0. The molecule has 68 valence electrons. The lowest BCUT2D eigenvalue weighted by Crippen LogP contribution is -1.98. The van der Waals surface area contributed by atoms with Gasteiger partial charge in [-0.2, -0.15) is 0 Å². The number of carboxylic acid groups (broad SMARTS) is 1. The highest BCUT2D eigenvalue weighted by Gasteiger charge is 2.10. The Bertz CT molecular complexity index is 369. The number of aliphatic carboxylic acids is 1. The molecule has 0 atom stereocenters. The number of halogens is 1. The number of carbonyl (C=O) groups is 1. The lowest BCUT2D eigenvalue weighted by atomic mass is 10.1. The third-order valence-corrected chi connectivity index (χ3v) is 2.36. The van der Waals surface area contributed by atoms with Gasteiger partial charge in [0.1, 0.15) is 0 Å². The number of rotatable bonds is 2. The zero-order valence-electron chi connectivity index (χ0n) is 7.17. The standard InChI is InChI=1S/C10H9BrO2/c1-6-3-4-8(9(11)5-6)7(2)10(12)13/h3-5H,2H2,1H3,(H,12,13). The molecule has 1 aromatic carbocycles. The van der Waals surface area contributed by atoms with E-state index in [1.54, 1.807) is 6.07 Å². The number of benzene rings is 1. The first kappa shape index (κ1) is 9.99. The van der Waals surface area contributed by atoms with E-state index in [-0.39, 0.29) is 5.57 Å². The molecule has 13 heavy (non-hydrogen) atoms. The molecular formula is C10H9BrO2. The SMILES string of the molecule is C=C(C(=O)O)c1ccc(C)cc1Br. The van der Waals surface area contributed by atoms with Gasteiger partial charge in [-0.25, -0.2) is 4.79 Å². The van der Waals surface area contributed by atoms with E-state index < -0.39 is 5.97 Å². The second kappa shape index (κ2) is 3.75. The summed E-state index contributed by atoms with van der Waals surface area (Å²) >= 11 is 3.29. The summed E-state index contributed by atoms with van der Waals surface area (Å²) in [6, 6.07) is 5.47. The van der Waals surface area contributed by atoms with E-state index in [1.165, 1.54) is 0 Å². The molecular weight excluding hydrogens is 232 g/mol. The van der Waals surface area contributed by atoms with Crippen LogP contribution in [-0.2, 0) is 4.79 Å². The van der Waals surface area contributed by atoms with E-state index in [2.05, 4.69) is 22.5 Å². The van der Waals surface area contributed by atoms with E-state index in [1.807, 2.05) is 19.1 Å². The van der Waals surface area contributed by atoms with E-state index in [0.717, 1.165) is 10.0 Å². The molecule has 0 saturated carbocycles. The molecule has 3 heteroatoms. The second-order valence-corrected chi connectivity index (χ2v) is 3.62. The highest BCUT2D eigenvalue weighted by atomic mass is 79.9. The van der Waals surface area contributed by atoms with Gasteiger partial charge in [0.05, 0.1) is 5.57 Å². The van der Waals surface area contributed by atoms with Crippen LogP contribution in [0.3, 0.4) is 0 Å². The average Bonchev–Trinajstić information content (AvgIpc) is 2.03. The third kappa shape index (κ3) is 2.18. The Morgan fingerprint density at radius 3 is 2.62 bits per heavy atom. The van der Waals surface area contributed by atoms with Crippen LogP contribution in [-0.4, -0.2) is 11.1 Å². The fraction of sp³-hybridized carbons (Fsp3) is 0.100. The summed E-state index contributed by atoms with van der Waals surface area (Å²) in [6.45, 7) is 5.43.